The number of rotatable bonds is 9. The number of aryl methyl sites for hydroxylation is 1. The summed E-state index contributed by atoms with van der Waals surface area (Å²) in [5.74, 6) is 0.307. The molecule has 0 saturated carbocycles. The lowest BCUT2D eigenvalue weighted by Gasteiger charge is -2.38. The first-order valence-corrected chi connectivity index (χ1v) is 12.9. The fourth-order valence-corrected chi connectivity index (χ4v) is 5.68. The number of hydrogen-bond acceptors (Lipinski definition) is 4. The average Bonchev–Trinajstić information content (AvgIpc) is 2.86. The Labute approximate surface area is 200 Å². The second kappa shape index (κ2) is 11.2. The number of benzene rings is 2. The zero-order valence-electron chi connectivity index (χ0n) is 20.5. The van der Waals surface area contributed by atoms with Crippen LogP contribution in [0.15, 0.2) is 54.6 Å². The van der Waals surface area contributed by atoms with E-state index < -0.39 is 0 Å². The van der Waals surface area contributed by atoms with Crippen LogP contribution in [0.25, 0.3) is 0 Å². The predicted octanol–water partition coefficient (Wildman–Crippen LogP) is 4.95. The molecule has 2 aliphatic heterocycles. The van der Waals surface area contributed by atoms with Crippen molar-refractivity contribution < 1.29 is 0 Å². The average molecular weight is 445 g/mol. The van der Waals surface area contributed by atoms with Crippen LogP contribution in [-0.4, -0.2) is 62.2 Å². The summed E-state index contributed by atoms with van der Waals surface area (Å²) < 4.78 is 0. The van der Waals surface area contributed by atoms with Gasteiger partial charge in [0.05, 0.1) is 11.5 Å². The van der Waals surface area contributed by atoms with Gasteiger partial charge in [-0.05, 0) is 55.3 Å². The van der Waals surface area contributed by atoms with Crippen LogP contribution in [-0.2, 0) is 11.8 Å². The predicted molar refractivity (Wildman–Crippen MR) is 138 cm³/mol. The highest BCUT2D eigenvalue weighted by molar-refractivity contribution is 5.55. The Morgan fingerprint density at radius 3 is 2.21 bits per heavy atom. The molecular formula is C29H40N4. The Morgan fingerprint density at radius 2 is 1.52 bits per heavy atom. The maximum Gasteiger partial charge on any atom is 0.0845 e. The van der Waals surface area contributed by atoms with E-state index in [9.17, 15) is 5.26 Å². The number of para-hydroxylation sites is 1. The minimum absolute atomic E-state index is 0.307. The van der Waals surface area contributed by atoms with Gasteiger partial charge in [0.25, 0.3) is 0 Å². The molecule has 0 N–H and O–H groups in total. The lowest BCUT2D eigenvalue weighted by Crippen LogP contribution is -2.49. The Morgan fingerprint density at radius 1 is 0.848 bits per heavy atom. The molecule has 2 heterocycles. The lowest BCUT2D eigenvalue weighted by atomic mass is 9.70. The molecule has 0 spiro atoms. The van der Waals surface area contributed by atoms with Crippen LogP contribution in [0.4, 0.5) is 5.69 Å². The summed E-state index contributed by atoms with van der Waals surface area (Å²) in [6.45, 7) is 13.5. The van der Waals surface area contributed by atoms with E-state index in [2.05, 4.69) is 83.1 Å². The van der Waals surface area contributed by atoms with E-state index in [0.717, 1.165) is 58.7 Å². The SMILES string of the molecule is CC(C)C(C#N)(CCCN1CCN(CCN2CCCc3ccccc32)CC1)c1ccccc1. The molecule has 4 nitrogen and oxygen atoms in total. The zero-order valence-corrected chi connectivity index (χ0v) is 20.5. The van der Waals surface area contributed by atoms with Crippen LogP contribution >= 0.6 is 0 Å². The van der Waals surface area contributed by atoms with Crippen LogP contribution in [0.1, 0.15) is 44.2 Å². The summed E-state index contributed by atoms with van der Waals surface area (Å²) in [5, 5.41) is 10.1. The highest BCUT2D eigenvalue weighted by Gasteiger charge is 2.35. The van der Waals surface area contributed by atoms with Crippen LogP contribution in [0.5, 0.6) is 0 Å². The number of piperazine rings is 1. The van der Waals surface area contributed by atoms with Crippen molar-refractivity contribution in [2.45, 2.75) is 44.9 Å². The van der Waals surface area contributed by atoms with E-state index >= 15 is 0 Å². The van der Waals surface area contributed by atoms with Crippen LogP contribution < -0.4 is 4.90 Å². The number of nitriles is 1. The molecule has 2 aromatic rings. The van der Waals surface area contributed by atoms with Gasteiger partial charge in [-0.1, -0.05) is 62.4 Å². The summed E-state index contributed by atoms with van der Waals surface area (Å²) in [6, 6.07) is 22.0. The van der Waals surface area contributed by atoms with Gasteiger partial charge in [0.1, 0.15) is 0 Å². The lowest BCUT2D eigenvalue weighted by molar-refractivity contribution is 0.130. The van der Waals surface area contributed by atoms with Crippen molar-refractivity contribution in [3.8, 4) is 6.07 Å². The fraction of sp³-hybridized carbons (Fsp3) is 0.552. The normalized spacial score (nSPS) is 19.2. The number of hydrogen-bond donors (Lipinski definition) is 0. The highest BCUT2D eigenvalue weighted by atomic mass is 15.3. The first kappa shape index (κ1) is 23.8. The van der Waals surface area contributed by atoms with E-state index in [4.69, 9.17) is 0 Å². The Kier molecular flexibility index (Phi) is 8.06. The van der Waals surface area contributed by atoms with E-state index in [1.165, 1.54) is 36.2 Å². The highest BCUT2D eigenvalue weighted by Crippen LogP contribution is 2.36. The summed E-state index contributed by atoms with van der Waals surface area (Å²) in [7, 11) is 0. The van der Waals surface area contributed by atoms with Gasteiger partial charge in [-0.25, -0.2) is 0 Å². The third-order valence-electron chi connectivity index (χ3n) is 7.88. The van der Waals surface area contributed by atoms with Crippen molar-refractivity contribution in [1.29, 1.82) is 5.26 Å². The van der Waals surface area contributed by atoms with Crippen LogP contribution in [0.2, 0.25) is 0 Å². The van der Waals surface area contributed by atoms with Gasteiger partial charge in [-0.15, -0.1) is 0 Å². The van der Waals surface area contributed by atoms with Gasteiger partial charge in [-0.3, -0.25) is 4.90 Å². The largest absolute Gasteiger partial charge is 0.370 e. The molecule has 4 heteroatoms. The maximum atomic E-state index is 10.1. The molecule has 4 rings (SSSR count). The fourth-order valence-electron chi connectivity index (χ4n) is 5.68. The summed E-state index contributed by atoms with van der Waals surface area (Å²) in [5.41, 5.74) is 3.76. The van der Waals surface area contributed by atoms with Gasteiger partial charge in [0.2, 0.25) is 0 Å². The molecule has 2 aliphatic rings. The van der Waals surface area contributed by atoms with Crippen LogP contribution in [0.3, 0.4) is 0 Å². The summed E-state index contributed by atoms with van der Waals surface area (Å²) >= 11 is 0. The Bertz CT molecular complexity index is 911. The molecule has 2 aromatic carbocycles. The van der Waals surface area contributed by atoms with Crippen molar-refractivity contribution in [2.24, 2.45) is 5.92 Å². The molecule has 0 aromatic heterocycles. The van der Waals surface area contributed by atoms with E-state index in [-0.39, 0.29) is 5.41 Å². The molecule has 0 amide bonds. The van der Waals surface area contributed by atoms with Crippen molar-refractivity contribution in [3.05, 3.63) is 65.7 Å². The monoisotopic (exact) mass is 444 g/mol. The third-order valence-corrected chi connectivity index (χ3v) is 7.88. The second-order valence-corrected chi connectivity index (χ2v) is 10.1. The molecule has 1 fully saturated rings. The van der Waals surface area contributed by atoms with Gasteiger partial charge in [-0.2, -0.15) is 5.26 Å². The quantitative estimate of drug-likeness (QED) is 0.548. The molecule has 176 valence electrons. The van der Waals surface area contributed by atoms with Crippen molar-refractivity contribution >= 4 is 5.69 Å². The first-order chi connectivity index (χ1) is 16.1. The minimum Gasteiger partial charge on any atom is -0.370 e. The summed E-state index contributed by atoms with van der Waals surface area (Å²) in [6.07, 6.45) is 4.50. The Hall–Kier alpha value is -2.35. The van der Waals surface area contributed by atoms with E-state index in [1.54, 1.807) is 0 Å². The van der Waals surface area contributed by atoms with E-state index in [1.807, 2.05) is 6.07 Å². The number of fused-ring (bicyclic) bond motifs is 1. The van der Waals surface area contributed by atoms with Gasteiger partial charge in [0, 0.05) is 51.5 Å². The zero-order chi connectivity index (χ0) is 23.1. The van der Waals surface area contributed by atoms with E-state index in [0.29, 0.717) is 5.92 Å². The second-order valence-electron chi connectivity index (χ2n) is 10.1. The molecule has 0 aliphatic carbocycles. The standard InChI is InChI=1S/C29H40N4/c1-25(2)29(24-30,27-12-4-3-5-13-27)15-9-16-31-18-20-32(21-19-31)22-23-33-17-8-11-26-10-6-7-14-28(26)33/h3-7,10,12-14,25H,8-9,11,15-23H2,1-2H3. The molecular weight excluding hydrogens is 404 g/mol. The van der Waals surface area contributed by atoms with Gasteiger partial charge >= 0.3 is 0 Å². The number of anilines is 1. The summed E-state index contributed by atoms with van der Waals surface area (Å²) in [4.78, 5) is 7.81. The maximum absolute atomic E-state index is 10.1. The number of nitrogens with zero attached hydrogens (tertiary/aromatic N) is 4. The Balaban J connectivity index is 1.22. The van der Waals surface area contributed by atoms with Crippen molar-refractivity contribution in [3.63, 3.8) is 0 Å². The molecule has 0 bridgehead atoms. The van der Waals surface area contributed by atoms with Crippen molar-refractivity contribution in [1.82, 2.24) is 9.80 Å². The molecule has 1 unspecified atom stereocenters. The van der Waals surface area contributed by atoms with Crippen LogP contribution in [0, 0.1) is 17.2 Å². The third kappa shape index (κ3) is 5.60. The molecule has 0 radical (unpaired) electrons. The molecule has 1 atom stereocenters. The van der Waals surface area contributed by atoms with Gasteiger partial charge in [0.15, 0.2) is 0 Å². The van der Waals surface area contributed by atoms with Crippen molar-refractivity contribution in [2.75, 3.05) is 57.3 Å². The molecule has 33 heavy (non-hydrogen) atoms. The molecule has 1 saturated heterocycles. The topological polar surface area (TPSA) is 33.5 Å². The first-order valence-electron chi connectivity index (χ1n) is 12.9. The smallest absolute Gasteiger partial charge is 0.0845 e. The van der Waals surface area contributed by atoms with Gasteiger partial charge < -0.3 is 9.80 Å². The minimum atomic E-state index is -0.381.